The fourth-order valence-corrected chi connectivity index (χ4v) is 1.85. The quantitative estimate of drug-likeness (QED) is 0.897. The summed E-state index contributed by atoms with van der Waals surface area (Å²) in [6, 6.07) is 3.54. The molecular formula is C13H18ClNO2. The van der Waals surface area contributed by atoms with E-state index in [0.29, 0.717) is 16.3 Å². The second-order valence-corrected chi connectivity index (χ2v) is 4.52. The Morgan fingerprint density at radius 2 is 2.18 bits per heavy atom. The molecule has 1 N–H and O–H groups in total. The molecule has 94 valence electrons. The summed E-state index contributed by atoms with van der Waals surface area (Å²) in [5, 5.41) is 3.44. The predicted octanol–water partition coefficient (Wildman–Crippen LogP) is 3.19. The number of rotatable bonds is 4. The van der Waals surface area contributed by atoms with E-state index in [4.69, 9.17) is 16.3 Å². The van der Waals surface area contributed by atoms with Gasteiger partial charge < -0.3 is 10.1 Å². The summed E-state index contributed by atoms with van der Waals surface area (Å²) in [7, 11) is 1.55. The van der Waals surface area contributed by atoms with Crippen molar-refractivity contribution >= 4 is 17.5 Å². The maximum atomic E-state index is 12.0. The molecule has 1 aromatic rings. The van der Waals surface area contributed by atoms with Crippen molar-refractivity contribution < 1.29 is 9.53 Å². The number of halogens is 1. The standard InChI is InChI=1S/C13H18ClNO2/c1-5-9(3)15-13(16)11-7-10(14)6-8(2)12(11)17-4/h6-7,9H,5H2,1-4H3,(H,15,16). The van der Waals surface area contributed by atoms with E-state index in [2.05, 4.69) is 5.32 Å². The van der Waals surface area contributed by atoms with Gasteiger partial charge in [-0.3, -0.25) is 4.79 Å². The van der Waals surface area contributed by atoms with Gasteiger partial charge in [-0.25, -0.2) is 0 Å². The highest BCUT2D eigenvalue weighted by atomic mass is 35.5. The van der Waals surface area contributed by atoms with E-state index >= 15 is 0 Å². The molecule has 0 bridgehead atoms. The topological polar surface area (TPSA) is 38.3 Å². The number of carbonyl (C=O) groups excluding carboxylic acids is 1. The fraction of sp³-hybridized carbons (Fsp3) is 0.462. The highest BCUT2D eigenvalue weighted by molar-refractivity contribution is 6.31. The molecule has 0 aromatic heterocycles. The Labute approximate surface area is 107 Å². The average molecular weight is 256 g/mol. The summed E-state index contributed by atoms with van der Waals surface area (Å²) in [5.41, 5.74) is 1.34. The van der Waals surface area contributed by atoms with Gasteiger partial charge in [0.25, 0.3) is 5.91 Å². The van der Waals surface area contributed by atoms with E-state index < -0.39 is 0 Å². The minimum atomic E-state index is -0.151. The molecule has 1 rings (SSSR count). The third-order valence-electron chi connectivity index (χ3n) is 2.68. The van der Waals surface area contributed by atoms with Crippen LogP contribution in [0.15, 0.2) is 12.1 Å². The molecule has 3 nitrogen and oxygen atoms in total. The molecule has 0 aliphatic heterocycles. The van der Waals surface area contributed by atoms with Crippen LogP contribution in [0.25, 0.3) is 0 Å². The van der Waals surface area contributed by atoms with Crippen LogP contribution in [0.5, 0.6) is 5.75 Å². The average Bonchev–Trinajstić information content (AvgIpc) is 2.27. The van der Waals surface area contributed by atoms with Gasteiger partial charge in [-0.15, -0.1) is 0 Å². The summed E-state index contributed by atoms with van der Waals surface area (Å²) in [6.07, 6.45) is 0.883. The van der Waals surface area contributed by atoms with Gasteiger partial charge in [-0.05, 0) is 38.0 Å². The van der Waals surface area contributed by atoms with Crippen molar-refractivity contribution in [1.82, 2.24) is 5.32 Å². The van der Waals surface area contributed by atoms with Crippen molar-refractivity contribution in [3.05, 3.63) is 28.3 Å². The van der Waals surface area contributed by atoms with Crippen LogP contribution in [0.2, 0.25) is 5.02 Å². The van der Waals surface area contributed by atoms with Crippen molar-refractivity contribution in [3.8, 4) is 5.75 Å². The number of nitrogens with one attached hydrogen (secondary N) is 1. The zero-order chi connectivity index (χ0) is 13.0. The van der Waals surface area contributed by atoms with Crippen molar-refractivity contribution in [2.45, 2.75) is 33.2 Å². The molecule has 0 heterocycles. The van der Waals surface area contributed by atoms with Crippen molar-refractivity contribution in [3.63, 3.8) is 0 Å². The van der Waals surface area contributed by atoms with E-state index in [9.17, 15) is 4.79 Å². The zero-order valence-corrected chi connectivity index (χ0v) is 11.4. The highest BCUT2D eigenvalue weighted by Crippen LogP contribution is 2.27. The Morgan fingerprint density at radius 1 is 1.53 bits per heavy atom. The third kappa shape index (κ3) is 3.37. The monoisotopic (exact) mass is 255 g/mol. The Kier molecular flexibility index (Phi) is 4.82. The second-order valence-electron chi connectivity index (χ2n) is 4.09. The van der Waals surface area contributed by atoms with E-state index in [-0.39, 0.29) is 11.9 Å². The Balaban J connectivity index is 3.07. The molecule has 0 aliphatic carbocycles. The van der Waals surface area contributed by atoms with Crippen molar-refractivity contribution in [1.29, 1.82) is 0 Å². The maximum Gasteiger partial charge on any atom is 0.255 e. The summed E-state index contributed by atoms with van der Waals surface area (Å²) in [6.45, 7) is 5.85. The maximum absolute atomic E-state index is 12.0. The van der Waals surface area contributed by atoms with Gasteiger partial charge >= 0.3 is 0 Å². The molecule has 1 aromatic carbocycles. The van der Waals surface area contributed by atoms with Crippen LogP contribution in [0.4, 0.5) is 0 Å². The van der Waals surface area contributed by atoms with Crippen LogP contribution in [0.3, 0.4) is 0 Å². The number of hydrogen-bond acceptors (Lipinski definition) is 2. The Morgan fingerprint density at radius 3 is 2.71 bits per heavy atom. The number of hydrogen-bond donors (Lipinski definition) is 1. The molecule has 0 saturated carbocycles. The minimum absolute atomic E-state index is 0.131. The van der Waals surface area contributed by atoms with Crippen LogP contribution in [0, 0.1) is 6.92 Å². The highest BCUT2D eigenvalue weighted by Gasteiger charge is 2.16. The molecule has 4 heteroatoms. The summed E-state index contributed by atoms with van der Waals surface area (Å²) < 4.78 is 5.25. The van der Waals surface area contributed by atoms with E-state index in [1.54, 1.807) is 19.2 Å². The summed E-state index contributed by atoms with van der Waals surface area (Å²) >= 11 is 5.96. The molecule has 0 aliphatic rings. The van der Waals surface area contributed by atoms with E-state index in [0.717, 1.165) is 12.0 Å². The molecule has 1 amide bonds. The van der Waals surface area contributed by atoms with Gasteiger partial charge in [0, 0.05) is 11.1 Å². The lowest BCUT2D eigenvalue weighted by atomic mass is 10.1. The van der Waals surface area contributed by atoms with Gasteiger partial charge in [0.1, 0.15) is 5.75 Å². The van der Waals surface area contributed by atoms with Gasteiger partial charge in [-0.2, -0.15) is 0 Å². The number of methoxy groups -OCH3 is 1. The smallest absolute Gasteiger partial charge is 0.255 e. The third-order valence-corrected chi connectivity index (χ3v) is 2.90. The van der Waals surface area contributed by atoms with Crippen LogP contribution in [0.1, 0.15) is 36.2 Å². The summed E-state index contributed by atoms with van der Waals surface area (Å²) in [5.74, 6) is 0.428. The second kappa shape index (κ2) is 5.92. The molecule has 17 heavy (non-hydrogen) atoms. The first-order chi connectivity index (χ1) is 7.99. The summed E-state index contributed by atoms with van der Waals surface area (Å²) in [4.78, 5) is 12.0. The molecule has 0 spiro atoms. The fourth-order valence-electron chi connectivity index (χ4n) is 1.57. The normalized spacial score (nSPS) is 12.1. The molecule has 0 radical (unpaired) electrons. The first-order valence-electron chi connectivity index (χ1n) is 5.64. The lowest BCUT2D eigenvalue weighted by molar-refractivity contribution is 0.0936. The van der Waals surface area contributed by atoms with Crippen LogP contribution < -0.4 is 10.1 Å². The molecule has 1 unspecified atom stereocenters. The van der Waals surface area contributed by atoms with Crippen LogP contribution in [-0.2, 0) is 0 Å². The Bertz CT molecular complexity index is 418. The lowest BCUT2D eigenvalue weighted by Gasteiger charge is -2.15. The van der Waals surface area contributed by atoms with Crippen LogP contribution >= 0.6 is 11.6 Å². The number of benzene rings is 1. The van der Waals surface area contributed by atoms with Gasteiger partial charge in [-0.1, -0.05) is 18.5 Å². The van der Waals surface area contributed by atoms with E-state index in [1.807, 2.05) is 20.8 Å². The van der Waals surface area contributed by atoms with Gasteiger partial charge in [0.15, 0.2) is 0 Å². The number of ether oxygens (including phenoxy) is 1. The predicted molar refractivity (Wildman–Crippen MR) is 70.0 cm³/mol. The minimum Gasteiger partial charge on any atom is -0.496 e. The van der Waals surface area contributed by atoms with E-state index in [1.165, 1.54) is 0 Å². The number of amides is 1. The number of carbonyl (C=O) groups is 1. The van der Waals surface area contributed by atoms with Crippen molar-refractivity contribution in [2.24, 2.45) is 0 Å². The molecule has 1 atom stereocenters. The van der Waals surface area contributed by atoms with Gasteiger partial charge in [0.2, 0.25) is 0 Å². The number of aryl methyl sites for hydroxylation is 1. The SMILES string of the molecule is CCC(C)NC(=O)c1cc(Cl)cc(C)c1OC. The largest absolute Gasteiger partial charge is 0.496 e. The first kappa shape index (κ1) is 13.8. The lowest BCUT2D eigenvalue weighted by Crippen LogP contribution is -2.32. The van der Waals surface area contributed by atoms with Gasteiger partial charge in [0.05, 0.1) is 12.7 Å². The molecule has 0 saturated heterocycles. The first-order valence-corrected chi connectivity index (χ1v) is 6.02. The molecular weight excluding hydrogens is 238 g/mol. The Hall–Kier alpha value is -1.22. The van der Waals surface area contributed by atoms with Crippen molar-refractivity contribution in [2.75, 3.05) is 7.11 Å². The molecule has 0 fully saturated rings. The zero-order valence-electron chi connectivity index (χ0n) is 10.6. The van der Waals surface area contributed by atoms with Crippen LogP contribution in [-0.4, -0.2) is 19.1 Å².